The maximum atomic E-state index is 11.5. The average molecular weight is 270 g/mol. The average Bonchev–Trinajstić information content (AvgIpc) is 2.37. The largest absolute Gasteiger partial charge is 0.358 e. The van der Waals surface area contributed by atoms with E-state index in [4.69, 9.17) is 10.5 Å². The third kappa shape index (κ3) is 4.06. The summed E-state index contributed by atoms with van der Waals surface area (Å²) < 4.78 is 5.52. The van der Waals surface area contributed by atoms with Crippen molar-refractivity contribution in [2.24, 2.45) is 11.7 Å². The number of carbonyl (C=O) groups is 1. The Morgan fingerprint density at radius 3 is 2.68 bits per heavy atom. The molecule has 2 rings (SSSR count). The van der Waals surface area contributed by atoms with Gasteiger partial charge in [-0.2, -0.15) is 0 Å². The number of nitrogens with zero attached hydrogens (tertiary/aromatic N) is 2. The monoisotopic (exact) mass is 270 g/mol. The molecule has 2 amide bonds. The standard InChI is InChI=1S/C13H26N4O2/c1-13(14)10-16(7-8-19-13)9-11-3-5-17(6-4-11)12(18)15-2/h11H,3-10,14H2,1-2H3,(H,15,18). The fourth-order valence-electron chi connectivity index (χ4n) is 2.97. The van der Waals surface area contributed by atoms with E-state index < -0.39 is 5.72 Å². The van der Waals surface area contributed by atoms with Gasteiger partial charge in [0.25, 0.3) is 0 Å². The first kappa shape index (κ1) is 14.6. The molecule has 2 aliphatic rings. The van der Waals surface area contributed by atoms with Gasteiger partial charge < -0.3 is 20.7 Å². The van der Waals surface area contributed by atoms with Crippen LogP contribution in [-0.4, -0.2) is 67.9 Å². The number of morpholine rings is 1. The highest BCUT2D eigenvalue weighted by molar-refractivity contribution is 5.73. The van der Waals surface area contributed by atoms with Crippen LogP contribution < -0.4 is 11.1 Å². The molecule has 6 nitrogen and oxygen atoms in total. The number of nitrogens with one attached hydrogen (secondary N) is 1. The summed E-state index contributed by atoms with van der Waals surface area (Å²) in [5.74, 6) is 0.662. The zero-order chi connectivity index (χ0) is 13.9. The van der Waals surface area contributed by atoms with Crippen molar-refractivity contribution in [2.75, 3.05) is 46.4 Å². The molecule has 1 unspecified atom stereocenters. The lowest BCUT2D eigenvalue weighted by Gasteiger charge is -2.40. The molecule has 110 valence electrons. The van der Waals surface area contributed by atoms with Gasteiger partial charge in [-0.1, -0.05) is 0 Å². The third-order valence-electron chi connectivity index (χ3n) is 4.01. The lowest BCUT2D eigenvalue weighted by atomic mass is 9.96. The van der Waals surface area contributed by atoms with Crippen LogP contribution in [0.1, 0.15) is 19.8 Å². The van der Waals surface area contributed by atoms with Crippen LogP contribution in [0.5, 0.6) is 0 Å². The van der Waals surface area contributed by atoms with E-state index in [-0.39, 0.29) is 6.03 Å². The molecule has 3 N–H and O–H groups in total. The Hall–Kier alpha value is -0.850. The Balaban J connectivity index is 1.75. The molecule has 19 heavy (non-hydrogen) atoms. The Kier molecular flexibility index (Phi) is 4.65. The van der Waals surface area contributed by atoms with Crippen molar-refractivity contribution in [2.45, 2.75) is 25.5 Å². The van der Waals surface area contributed by atoms with Crippen LogP contribution in [0.15, 0.2) is 0 Å². The predicted molar refractivity (Wildman–Crippen MR) is 73.7 cm³/mol. The van der Waals surface area contributed by atoms with Gasteiger partial charge >= 0.3 is 6.03 Å². The molecule has 1 atom stereocenters. The first-order chi connectivity index (χ1) is 9.00. The summed E-state index contributed by atoms with van der Waals surface area (Å²) in [7, 11) is 1.68. The summed E-state index contributed by atoms with van der Waals surface area (Å²) in [5, 5.41) is 2.69. The Bertz CT molecular complexity index is 314. The van der Waals surface area contributed by atoms with E-state index in [2.05, 4.69) is 10.2 Å². The van der Waals surface area contributed by atoms with Crippen LogP contribution in [0.4, 0.5) is 4.79 Å². The minimum absolute atomic E-state index is 0.0411. The smallest absolute Gasteiger partial charge is 0.317 e. The molecule has 0 spiro atoms. The van der Waals surface area contributed by atoms with E-state index in [1.54, 1.807) is 7.05 Å². The first-order valence-electron chi connectivity index (χ1n) is 7.12. The molecule has 0 aliphatic carbocycles. The number of ether oxygens (including phenoxy) is 1. The van der Waals surface area contributed by atoms with Crippen LogP contribution in [0.3, 0.4) is 0 Å². The van der Waals surface area contributed by atoms with Crippen molar-refractivity contribution in [3.05, 3.63) is 0 Å². The maximum Gasteiger partial charge on any atom is 0.317 e. The molecule has 0 aromatic carbocycles. The zero-order valence-electron chi connectivity index (χ0n) is 12.0. The van der Waals surface area contributed by atoms with E-state index >= 15 is 0 Å². The third-order valence-corrected chi connectivity index (χ3v) is 4.01. The zero-order valence-corrected chi connectivity index (χ0v) is 12.0. The van der Waals surface area contributed by atoms with Gasteiger partial charge in [0.05, 0.1) is 6.61 Å². The predicted octanol–water partition coefficient (Wildman–Crippen LogP) is 0.0449. The van der Waals surface area contributed by atoms with Crippen LogP contribution >= 0.6 is 0 Å². The summed E-state index contributed by atoms with van der Waals surface area (Å²) in [6, 6.07) is 0.0411. The van der Waals surface area contributed by atoms with Gasteiger partial charge in [0.1, 0.15) is 5.72 Å². The number of rotatable bonds is 2. The van der Waals surface area contributed by atoms with Gasteiger partial charge in [0.2, 0.25) is 0 Å². The molecule has 2 saturated heterocycles. The summed E-state index contributed by atoms with van der Waals surface area (Å²) in [6.07, 6.45) is 2.15. The van der Waals surface area contributed by atoms with E-state index in [9.17, 15) is 4.79 Å². The maximum absolute atomic E-state index is 11.5. The molecular weight excluding hydrogens is 244 g/mol. The quantitative estimate of drug-likeness (QED) is 0.743. The minimum Gasteiger partial charge on any atom is -0.358 e. The van der Waals surface area contributed by atoms with Crippen molar-refractivity contribution in [3.63, 3.8) is 0 Å². The topological polar surface area (TPSA) is 70.8 Å². The summed E-state index contributed by atoms with van der Waals surface area (Å²) >= 11 is 0. The Labute approximate surface area is 115 Å². The van der Waals surface area contributed by atoms with Gasteiger partial charge in [0, 0.05) is 39.8 Å². The van der Waals surface area contributed by atoms with Crippen LogP contribution in [0, 0.1) is 5.92 Å². The van der Waals surface area contributed by atoms with E-state index in [0.717, 1.165) is 45.6 Å². The van der Waals surface area contributed by atoms with E-state index in [1.165, 1.54) is 0 Å². The summed E-state index contributed by atoms with van der Waals surface area (Å²) in [5.41, 5.74) is 5.52. The molecule has 0 radical (unpaired) electrons. The lowest BCUT2D eigenvalue weighted by molar-refractivity contribution is -0.0976. The van der Waals surface area contributed by atoms with Gasteiger partial charge in [-0.05, 0) is 25.7 Å². The van der Waals surface area contributed by atoms with Gasteiger partial charge in [-0.15, -0.1) is 0 Å². The fourth-order valence-corrected chi connectivity index (χ4v) is 2.97. The number of amides is 2. The van der Waals surface area contributed by atoms with E-state index in [1.807, 2.05) is 11.8 Å². The Morgan fingerprint density at radius 1 is 1.42 bits per heavy atom. The highest BCUT2D eigenvalue weighted by Crippen LogP contribution is 2.20. The molecule has 2 aliphatic heterocycles. The number of urea groups is 1. The number of likely N-dealkylation sites (tertiary alicyclic amines) is 1. The van der Waals surface area contributed by atoms with Gasteiger partial charge in [0.15, 0.2) is 0 Å². The molecule has 2 heterocycles. The number of hydrogen-bond donors (Lipinski definition) is 2. The molecule has 2 fully saturated rings. The fraction of sp³-hybridized carbons (Fsp3) is 0.923. The number of hydrogen-bond acceptors (Lipinski definition) is 4. The van der Waals surface area contributed by atoms with Crippen LogP contribution in [0.25, 0.3) is 0 Å². The van der Waals surface area contributed by atoms with E-state index in [0.29, 0.717) is 12.5 Å². The van der Waals surface area contributed by atoms with Crippen molar-refractivity contribution in [1.82, 2.24) is 15.1 Å². The second-order valence-corrected chi connectivity index (χ2v) is 5.88. The van der Waals surface area contributed by atoms with Gasteiger partial charge in [-0.3, -0.25) is 4.90 Å². The second kappa shape index (κ2) is 6.07. The van der Waals surface area contributed by atoms with Crippen molar-refractivity contribution in [3.8, 4) is 0 Å². The summed E-state index contributed by atoms with van der Waals surface area (Å²) in [4.78, 5) is 15.8. The molecule has 6 heteroatoms. The number of carbonyl (C=O) groups excluding carboxylic acids is 1. The highest BCUT2D eigenvalue weighted by atomic mass is 16.5. The highest BCUT2D eigenvalue weighted by Gasteiger charge is 2.30. The molecule has 0 aromatic rings. The van der Waals surface area contributed by atoms with Crippen molar-refractivity contribution < 1.29 is 9.53 Å². The van der Waals surface area contributed by atoms with Crippen molar-refractivity contribution >= 4 is 6.03 Å². The molecule has 0 aromatic heterocycles. The number of nitrogens with two attached hydrogens (primary N) is 1. The SMILES string of the molecule is CNC(=O)N1CCC(CN2CCOC(C)(N)C2)CC1. The molecule has 0 bridgehead atoms. The first-order valence-corrected chi connectivity index (χ1v) is 7.12. The number of piperidine rings is 1. The lowest BCUT2D eigenvalue weighted by Crippen LogP contribution is -2.56. The van der Waals surface area contributed by atoms with Crippen LogP contribution in [0.2, 0.25) is 0 Å². The summed E-state index contributed by atoms with van der Waals surface area (Å²) in [6.45, 7) is 7.18. The Morgan fingerprint density at radius 2 is 2.11 bits per heavy atom. The van der Waals surface area contributed by atoms with Gasteiger partial charge in [-0.25, -0.2) is 4.79 Å². The normalized spacial score (nSPS) is 30.4. The molecular formula is C13H26N4O2. The van der Waals surface area contributed by atoms with Crippen LogP contribution in [-0.2, 0) is 4.74 Å². The van der Waals surface area contributed by atoms with Crippen molar-refractivity contribution in [1.29, 1.82) is 0 Å². The molecule has 0 saturated carbocycles. The minimum atomic E-state index is -0.513. The second-order valence-electron chi connectivity index (χ2n) is 5.88.